The maximum absolute atomic E-state index is 2.35. The molecule has 0 saturated heterocycles. The van der Waals surface area contributed by atoms with Gasteiger partial charge in [0.2, 0.25) is 0 Å². The normalized spacial score (nSPS) is 10.2. The van der Waals surface area contributed by atoms with Crippen molar-refractivity contribution in [3.05, 3.63) is 279 Å². The number of rotatable bonds is 6. The van der Waals surface area contributed by atoms with Gasteiger partial charge in [-0.15, -0.1) is 140 Å². The molecule has 0 fully saturated rings. The third-order valence-electron chi connectivity index (χ3n) is 10.9. The maximum atomic E-state index is 2.35. The van der Waals surface area contributed by atoms with E-state index < -0.39 is 15.8 Å². The minimum absolute atomic E-state index is 0. The minimum atomic E-state index is -0.493. The average molecular weight is 1050 g/mol. The van der Waals surface area contributed by atoms with Gasteiger partial charge in [-0.1, -0.05) is 146 Å². The minimum Gasteiger partial charge on any atom is -1.00 e. The second kappa shape index (κ2) is 26.1. The summed E-state index contributed by atoms with van der Waals surface area (Å²) < 4.78 is 0. The molecule has 0 N–H and O–H groups in total. The van der Waals surface area contributed by atoms with E-state index in [2.05, 4.69) is 279 Å². The smallest absolute Gasteiger partial charge is 1.00 e. The molecule has 12 aromatic carbocycles. The summed E-state index contributed by atoms with van der Waals surface area (Å²) in [5.74, 6) is 0. The van der Waals surface area contributed by atoms with Crippen molar-refractivity contribution in [2.45, 2.75) is 0 Å². The van der Waals surface area contributed by atoms with E-state index in [-0.39, 0.29) is 61.8 Å². The number of hydrogen-bond acceptors (Lipinski definition) is 0. The maximum Gasteiger partial charge on any atom is 2.00 e. The molecule has 0 bridgehead atoms. The van der Waals surface area contributed by atoms with E-state index in [4.69, 9.17) is 0 Å². The van der Waals surface area contributed by atoms with Crippen molar-refractivity contribution in [3.63, 3.8) is 0 Å². The van der Waals surface area contributed by atoms with Gasteiger partial charge in [0, 0.05) is 0 Å². The van der Waals surface area contributed by atoms with Gasteiger partial charge < -0.3 is 9.41 Å². The zero-order valence-corrected chi connectivity index (χ0v) is 42.9. The first-order valence-corrected chi connectivity index (χ1v) is 23.8. The monoisotopic (exact) mass is 1050 g/mol. The van der Waals surface area contributed by atoms with Crippen LogP contribution in [-0.2, 0) is 52.4 Å². The number of halogens is 2. The van der Waals surface area contributed by atoms with Crippen LogP contribution in [0.4, 0.5) is 0 Å². The molecule has 6 heteroatoms. The molecule has 0 atom stereocenters. The van der Waals surface area contributed by atoms with Gasteiger partial charge in [-0.3, -0.25) is 0 Å². The zero-order valence-electron chi connectivity index (χ0n) is 36.2. The average Bonchev–Trinajstić information content (AvgIpc) is 4.18. The Kier molecular flexibility index (Phi) is 20.5. The summed E-state index contributed by atoms with van der Waals surface area (Å²) in [6.07, 6.45) is 0. The Morgan fingerprint density at radius 1 is 0.258 bits per heavy atom. The zero-order chi connectivity index (χ0) is 41.8. The first-order chi connectivity index (χ1) is 30.8. The van der Waals surface area contributed by atoms with E-state index >= 15 is 0 Å². The fourth-order valence-electron chi connectivity index (χ4n) is 7.87. The molecular weight excluding hydrogens is 1000 g/mol. The molecule has 12 rings (SSSR count). The molecule has 0 radical (unpaired) electrons. The summed E-state index contributed by atoms with van der Waals surface area (Å²) in [4.78, 5) is 0. The molecule has 0 saturated carbocycles. The molecule has 0 nitrogen and oxygen atoms in total. The van der Waals surface area contributed by atoms with Crippen molar-refractivity contribution in [1.29, 1.82) is 0 Å². The van der Waals surface area contributed by atoms with Gasteiger partial charge in [-0.25, -0.2) is 0 Å². The van der Waals surface area contributed by atoms with E-state index in [0.29, 0.717) is 0 Å². The van der Waals surface area contributed by atoms with Crippen LogP contribution in [0.25, 0.3) is 43.1 Å². The van der Waals surface area contributed by atoms with Crippen LogP contribution in [0.2, 0.25) is 0 Å². The predicted molar refractivity (Wildman–Crippen MR) is 276 cm³/mol. The van der Waals surface area contributed by atoms with Crippen LogP contribution in [0.3, 0.4) is 0 Å². The predicted octanol–water partition coefficient (Wildman–Crippen LogP) is 7.75. The quantitative estimate of drug-likeness (QED) is 0.118. The van der Waals surface area contributed by atoms with Crippen LogP contribution in [0.5, 0.6) is 0 Å². The summed E-state index contributed by atoms with van der Waals surface area (Å²) in [5.41, 5.74) is 0. The van der Waals surface area contributed by atoms with Crippen molar-refractivity contribution in [2.24, 2.45) is 0 Å². The molecular formula is C60H46F2P2Zr2-2. The van der Waals surface area contributed by atoms with Crippen LogP contribution < -0.4 is 41.2 Å². The Morgan fingerprint density at radius 3 is 0.803 bits per heavy atom. The first kappa shape index (κ1) is 51.7. The topological polar surface area (TPSA) is 0 Å². The van der Waals surface area contributed by atoms with Gasteiger partial charge in [0.15, 0.2) is 0 Å². The number of hydrogen-bond donors (Lipinski definition) is 0. The molecule has 0 spiro atoms. The molecule has 320 valence electrons. The van der Waals surface area contributed by atoms with E-state index in [0.717, 1.165) is 0 Å². The van der Waals surface area contributed by atoms with Crippen LogP contribution in [-0.4, -0.2) is 0 Å². The van der Waals surface area contributed by atoms with Crippen molar-refractivity contribution >= 4 is 90.8 Å². The molecule has 0 aromatic heterocycles. The summed E-state index contributed by atoms with van der Waals surface area (Å²) in [5, 5.41) is 19.1. The standard InChI is InChI=1S/2C21H16P.2C9H7.2FH.2Zr/c2*1-3-11-19(12-4-1)22(20-13-5-2-6-14-20)21-15-17-9-7-8-10-18(17)16-21;2*1-2-5-9-7-3-6-8(9)4-1;;;;/h2*1-16H;2*1-7H;2*1H;;/q4*-1;;;2*+2/p-2. The molecule has 0 aliphatic heterocycles. The van der Waals surface area contributed by atoms with Crippen molar-refractivity contribution in [2.75, 3.05) is 0 Å². The molecule has 0 aliphatic rings. The van der Waals surface area contributed by atoms with Crippen LogP contribution in [0.1, 0.15) is 0 Å². The summed E-state index contributed by atoms with van der Waals surface area (Å²) >= 11 is 0. The number of benzene rings is 8. The van der Waals surface area contributed by atoms with Gasteiger partial charge in [-0.2, -0.15) is 47.2 Å². The molecule has 0 heterocycles. The van der Waals surface area contributed by atoms with Gasteiger partial charge >= 0.3 is 52.4 Å². The van der Waals surface area contributed by atoms with E-state index in [1.54, 1.807) is 0 Å². The molecule has 0 aliphatic carbocycles. The van der Waals surface area contributed by atoms with Crippen molar-refractivity contribution in [1.82, 2.24) is 0 Å². The Morgan fingerprint density at radius 2 is 0.515 bits per heavy atom. The Bertz CT molecular complexity index is 2790. The number of fused-ring (bicyclic) bond motifs is 4. The van der Waals surface area contributed by atoms with Crippen LogP contribution in [0, 0.1) is 0 Å². The van der Waals surface area contributed by atoms with Gasteiger partial charge in [-0.05, 0) is 37.1 Å². The fraction of sp³-hybridized carbons (Fsp3) is 0. The largest absolute Gasteiger partial charge is 2.00 e. The third-order valence-corrected chi connectivity index (χ3v) is 15.7. The fourth-order valence-corrected chi connectivity index (χ4v) is 12.6. The van der Waals surface area contributed by atoms with Gasteiger partial charge in [0.25, 0.3) is 0 Å². The second-order valence-corrected chi connectivity index (χ2v) is 19.4. The second-order valence-electron chi connectivity index (χ2n) is 15.0. The van der Waals surface area contributed by atoms with Crippen molar-refractivity contribution < 1.29 is 61.8 Å². The Balaban J connectivity index is 0.000000174. The Hall–Kier alpha value is -5.31. The SMILES string of the molecule is [F-].[F-].[Zr+2].[Zr+2].c1ccc(P(c2ccccc2)c2cc3ccccc3[cH-]2)cc1.c1ccc(P(c2ccccc2)c2cc3ccccc3[cH-]2)cc1.c1ccc2[cH-]ccc2c1.c1ccc2[cH-]ccc2c1. The molecule has 0 unspecified atom stereocenters. The summed E-state index contributed by atoms with van der Waals surface area (Å²) in [7, 11) is -0.986. The molecule has 0 amide bonds. The van der Waals surface area contributed by atoms with E-state index in [9.17, 15) is 0 Å². The van der Waals surface area contributed by atoms with Gasteiger partial charge in [0.05, 0.1) is 0 Å². The first-order valence-electron chi connectivity index (χ1n) is 21.1. The Labute approximate surface area is 427 Å². The summed E-state index contributed by atoms with van der Waals surface area (Å²) in [6, 6.07) is 99.4. The van der Waals surface area contributed by atoms with Crippen LogP contribution >= 0.6 is 15.8 Å². The third kappa shape index (κ3) is 13.0. The van der Waals surface area contributed by atoms with Gasteiger partial charge in [0.1, 0.15) is 0 Å². The molecule has 66 heavy (non-hydrogen) atoms. The van der Waals surface area contributed by atoms with E-state index in [1.165, 1.54) is 74.9 Å². The van der Waals surface area contributed by atoms with E-state index in [1.807, 2.05) is 0 Å². The van der Waals surface area contributed by atoms with Crippen molar-refractivity contribution in [3.8, 4) is 0 Å². The van der Waals surface area contributed by atoms with Crippen LogP contribution in [0.15, 0.2) is 279 Å². The molecule has 12 aromatic rings. The summed E-state index contributed by atoms with van der Waals surface area (Å²) in [6.45, 7) is 0.